The molecule has 0 heterocycles. The predicted molar refractivity (Wildman–Crippen MR) is 436 cm³/mol. The molecule has 0 saturated carbocycles. The zero-order chi connectivity index (χ0) is 77.4. The molecule has 106 heavy (non-hydrogen) atoms. The summed E-state index contributed by atoms with van der Waals surface area (Å²) in [5.74, 6) is -2.26. The van der Waals surface area contributed by atoms with Gasteiger partial charge in [-0.05, 0) is 103 Å². The summed E-state index contributed by atoms with van der Waals surface area (Å²) in [6.45, 7) is 4.70. The third-order valence-corrected chi connectivity index (χ3v) is 19.7. The van der Waals surface area contributed by atoms with Gasteiger partial charge in [-0.2, -0.15) is 0 Å². The van der Waals surface area contributed by atoms with Crippen LogP contribution >= 0.6 is 15.6 Å². The van der Waals surface area contributed by atoms with Crippen molar-refractivity contribution >= 4 is 39.5 Å². The molecule has 0 bridgehead atoms. The van der Waals surface area contributed by atoms with E-state index in [1.807, 2.05) is 12.2 Å². The largest absolute Gasteiger partial charge is 0.472 e. The Morgan fingerprint density at radius 2 is 0.509 bits per heavy atom. The van der Waals surface area contributed by atoms with Crippen LogP contribution in [0.4, 0.5) is 0 Å². The van der Waals surface area contributed by atoms with Gasteiger partial charge in [0.1, 0.15) is 19.3 Å². The van der Waals surface area contributed by atoms with Gasteiger partial charge in [-0.1, -0.05) is 343 Å². The first kappa shape index (κ1) is 102. The van der Waals surface area contributed by atoms with Gasteiger partial charge in [-0.3, -0.25) is 37.3 Å². The fraction of sp³-hybridized carbons (Fsp3) is 0.747. The molecular weight excluding hydrogens is 1380 g/mol. The average Bonchev–Trinajstić information content (AvgIpc) is 0.901. The van der Waals surface area contributed by atoms with Crippen LogP contribution in [0, 0.1) is 0 Å². The van der Waals surface area contributed by atoms with E-state index in [-0.39, 0.29) is 25.7 Å². The fourth-order valence-electron chi connectivity index (χ4n) is 11.4. The zero-order valence-electron chi connectivity index (χ0n) is 67.1. The Labute approximate surface area is 645 Å². The Kier molecular flexibility index (Phi) is 75.6. The Morgan fingerprint density at radius 3 is 0.830 bits per heavy atom. The number of esters is 4. The molecule has 0 aromatic carbocycles. The van der Waals surface area contributed by atoms with Crippen LogP contribution in [0.5, 0.6) is 0 Å². The van der Waals surface area contributed by atoms with Crippen molar-refractivity contribution in [2.24, 2.45) is 0 Å². The number of carbonyl (C=O) groups excluding carboxylic acids is 4. The lowest BCUT2D eigenvalue weighted by Crippen LogP contribution is -2.30. The van der Waals surface area contributed by atoms with Gasteiger partial charge in [0.2, 0.25) is 0 Å². The first-order valence-corrected chi connectivity index (χ1v) is 45.1. The first-order valence-electron chi connectivity index (χ1n) is 42.1. The van der Waals surface area contributed by atoms with Crippen LogP contribution < -0.4 is 0 Å². The summed E-state index contributed by atoms with van der Waals surface area (Å²) in [4.78, 5) is 73.1. The number of rotatable bonds is 79. The lowest BCUT2D eigenvalue weighted by molar-refractivity contribution is -0.161. The van der Waals surface area contributed by atoms with Crippen molar-refractivity contribution in [2.45, 2.75) is 380 Å². The molecule has 19 heteroatoms. The molecule has 0 amide bonds. The van der Waals surface area contributed by atoms with Crippen LogP contribution in [0.15, 0.2) is 109 Å². The minimum absolute atomic E-state index is 0.0376. The summed E-state index contributed by atoms with van der Waals surface area (Å²) in [5.41, 5.74) is 0. The van der Waals surface area contributed by atoms with Gasteiger partial charge in [0.15, 0.2) is 12.2 Å². The summed E-state index contributed by atoms with van der Waals surface area (Å²) in [5, 5.41) is 10.7. The molecule has 5 unspecified atom stereocenters. The number of hydrogen-bond donors (Lipinski definition) is 3. The third-order valence-electron chi connectivity index (χ3n) is 17.8. The topological polar surface area (TPSA) is 237 Å². The number of phosphoric ester groups is 2. The Balaban J connectivity index is 5.39. The van der Waals surface area contributed by atoms with Gasteiger partial charge in [0, 0.05) is 25.7 Å². The van der Waals surface area contributed by atoms with Crippen molar-refractivity contribution in [2.75, 3.05) is 39.6 Å². The van der Waals surface area contributed by atoms with Gasteiger partial charge in [0.05, 0.1) is 26.4 Å². The molecule has 5 atom stereocenters. The maximum Gasteiger partial charge on any atom is 0.472 e. The van der Waals surface area contributed by atoms with Crippen LogP contribution in [0.3, 0.4) is 0 Å². The van der Waals surface area contributed by atoms with E-state index in [0.717, 1.165) is 141 Å². The maximum absolute atomic E-state index is 13.1. The van der Waals surface area contributed by atoms with Crippen molar-refractivity contribution in [1.82, 2.24) is 0 Å². The molecule has 17 nitrogen and oxygen atoms in total. The number of aliphatic hydroxyl groups excluding tert-OH is 1. The van der Waals surface area contributed by atoms with Crippen molar-refractivity contribution in [3.63, 3.8) is 0 Å². The highest BCUT2D eigenvalue weighted by atomic mass is 31.2. The summed E-state index contributed by atoms with van der Waals surface area (Å²) in [7, 11) is -9.98. The molecule has 0 saturated heterocycles. The lowest BCUT2D eigenvalue weighted by Gasteiger charge is -2.21. The first-order chi connectivity index (χ1) is 51.7. The van der Waals surface area contributed by atoms with Crippen LogP contribution in [0.2, 0.25) is 0 Å². The van der Waals surface area contributed by atoms with E-state index >= 15 is 0 Å². The molecule has 0 aliphatic heterocycles. The van der Waals surface area contributed by atoms with E-state index < -0.39 is 97.5 Å². The molecule has 0 spiro atoms. The normalized spacial score (nSPS) is 14.4. The number of ether oxygens (including phenoxy) is 4. The van der Waals surface area contributed by atoms with E-state index in [1.54, 1.807) is 0 Å². The molecule has 0 aromatic rings. The Morgan fingerprint density at radius 1 is 0.274 bits per heavy atom. The van der Waals surface area contributed by atoms with Crippen molar-refractivity contribution in [3.05, 3.63) is 109 Å². The highest BCUT2D eigenvalue weighted by molar-refractivity contribution is 7.47. The van der Waals surface area contributed by atoms with Crippen molar-refractivity contribution < 1.29 is 80.2 Å². The molecule has 0 rings (SSSR count). The molecule has 3 N–H and O–H groups in total. The molecular formula is C87H152O17P2. The predicted octanol–water partition coefficient (Wildman–Crippen LogP) is 24.9. The quantitative estimate of drug-likeness (QED) is 0.0169. The van der Waals surface area contributed by atoms with Crippen molar-refractivity contribution in [1.29, 1.82) is 0 Å². The molecule has 0 fully saturated rings. The molecule has 0 aliphatic rings. The van der Waals surface area contributed by atoms with Gasteiger partial charge >= 0.3 is 39.5 Å². The van der Waals surface area contributed by atoms with Crippen LogP contribution in [0.25, 0.3) is 0 Å². The van der Waals surface area contributed by atoms with E-state index in [1.165, 1.54) is 135 Å². The van der Waals surface area contributed by atoms with E-state index in [0.29, 0.717) is 32.1 Å². The number of phosphoric acid groups is 2. The van der Waals surface area contributed by atoms with E-state index in [2.05, 4.69) is 125 Å². The second kappa shape index (κ2) is 78.8. The fourth-order valence-corrected chi connectivity index (χ4v) is 13.0. The summed E-state index contributed by atoms with van der Waals surface area (Å²) >= 11 is 0. The standard InChI is InChI=1S/C87H152O17P2/c1-5-9-13-17-21-25-29-33-36-38-40-42-45-48-51-55-59-63-67-71-84(89)97-77-82(103-86(91)73-69-65-61-57-53-47-32-28-24-20-16-12-8-4)79-101-105(93,94)99-75-81(88)76-100-106(95,96)102-80-83(104-87(92)74-70-66-62-58-54-50-44-35-31-27-23-19-15-11-7-3)78-98-85(90)72-68-64-60-56-52-49-46-43-41-39-37-34-30-26-22-18-14-10-6-2/h9,13,21-22,25-26,33-34,36-37,40-43,48,51,59,63,81-83,88H,5-8,10-12,14-20,23-24,27-32,35,38-39,44-47,49-50,52-58,60-62,64-80H2,1-4H3,(H,93,94)(H,95,96)/b13-9-,25-21-,26-22-,36-33-,37-34-,42-40-,43-41-,51-48-,63-59-. The maximum atomic E-state index is 13.1. The smallest absolute Gasteiger partial charge is 0.462 e. The number of unbranched alkanes of at least 4 members (excludes halogenated alkanes) is 35. The molecule has 612 valence electrons. The second-order valence-corrected chi connectivity index (χ2v) is 31.0. The Bertz CT molecular complexity index is 2430. The van der Waals surface area contributed by atoms with Gasteiger partial charge < -0.3 is 33.8 Å². The SMILES string of the molecule is CC/C=C\C/C=C\C/C=C\C/C=C\C/C=C\C/C=C\CCC(=O)OCC(COP(=O)(O)OCC(O)COP(=O)(O)OCC(COC(=O)CCCCCCCC/C=C\C/C=C\C/C=C\CCCCC)OC(=O)CCCCCCCCCCCCCCCCC)OC(=O)CCCCCCCCCCCCCCC. The van der Waals surface area contributed by atoms with Crippen LogP contribution in [-0.2, 0) is 65.4 Å². The summed E-state index contributed by atoms with van der Waals surface area (Å²) in [6, 6.07) is 0. The number of allylic oxidation sites excluding steroid dienone is 18. The monoisotopic (exact) mass is 1530 g/mol. The number of hydrogen-bond acceptors (Lipinski definition) is 15. The van der Waals surface area contributed by atoms with E-state index in [4.69, 9.17) is 37.0 Å². The molecule has 0 aliphatic carbocycles. The van der Waals surface area contributed by atoms with Gasteiger partial charge in [0.25, 0.3) is 0 Å². The van der Waals surface area contributed by atoms with Crippen molar-refractivity contribution in [3.8, 4) is 0 Å². The Hall–Kier alpha value is -4.28. The molecule has 0 radical (unpaired) electrons. The van der Waals surface area contributed by atoms with Gasteiger partial charge in [-0.25, -0.2) is 9.13 Å². The minimum atomic E-state index is -4.99. The second-order valence-electron chi connectivity index (χ2n) is 28.1. The highest BCUT2D eigenvalue weighted by Crippen LogP contribution is 2.45. The zero-order valence-corrected chi connectivity index (χ0v) is 68.9. The summed E-state index contributed by atoms with van der Waals surface area (Å²) < 4.78 is 68.7. The average molecular weight is 1530 g/mol. The highest BCUT2D eigenvalue weighted by Gasteiger charge is 2.30. The summed E-state index contributed by atoms with van der Waals surface area (Å²) in [6.07, 6.45) is 86.4. The van der Waals surface area contributed by atoms with Gasteiger partial charge in [-0.15, -0.1) is 0 Å². The lowest BCUT2D eigenvalue weighted by atomic mass is 10.0. The van der Waals surface area contributed by atoms with Crippen LogP contribution in [0.1, 0.15) is 362 Å². The minimum Gasteiger partial charge on any atom is -0.462 e. The number of carbonyl (C=O) groups is 4. The van der Waals surface area contributed by atoms with E-state index in [9.17, 15) is 43.2 Å². The van der Waals surface area contributed by atoms with Crippen LogP contribution in [-0.4, -0.2) is 96.7 Å². The number of aliphatic hydroxyl groups is 1. The molecule has 0 aromatic heterocycles. The third kappa shape index (κ3) is 77.9.